The zero-order valence-electron chi connectivity index (χ0n) is 16.6. The second-order valence-electron chi connectivity index (χ2n) is 4.96. The number of nitriles is 1. The van der Waals surface area contributed by atoms with E-state index in [0.717, 1.165) is 17.7 Å². The Labute approximate surface area is 177 Å². The fourth-order valence-corrected chi connectivity index (χ4v) is 1.42. The Kier molecular flexibility index (Phi) is 19.3. The lowest BCUT2D eigenvalue weighted by molar-refractivity contribution is -0.132. The summed E-state index contributed by atoms with van der Waals surface area (Å²) < 4.78 is 0. The molecule has 154 valence electrons. The van der Waals surface area contributed by atoms with Crippen molar-refractivity contribution in [2.45, 2.75) is 0 Å². The summed E-state index contributed by atoms with van der Waals surface area (Å²) in [4.78, 5) is 18.5. The van der Waals surface area contributed by atoms with Gasteiger partial charge in [0, 0.05) is 18.2 Å². The molecular weight excluding hydrogens is 378 g/mol. The van der Waals surface area contributed by atoms with Gasteiger partial charge < -0.3 is 10.2 Å². The molecule has 0 aromatic heterocycles. The van der Waals surface area contributed by atoms with Gasteiger partial charge in [-0.2, -0.15) is 5.26 Å². The summed E-state index contributed by atoms with van der Waals surface area (Å²) in [7, 11) is 0. The van der Waals surface area contributed by atoms with Gasteiger partial charge >= 0.3 is 11.9 Å². The minimum absolute atomic E-state index is 0.833. The topological polar surface area (TPSA) is 98.4 Å². The van der Waals surface area contributed by atoms with Gasteiger partial charge in [-0.1, -0.05) is 105 Å². The number of carbonyl (C=O) groups is 2. The minimum Gasteiger partial charge on any atom is -0.478 e. The van der Waals surface area contributed by atoms with Crippen LogP contribution in [-0.4, -0.2) is 22.2 Å². The van der Waals surface area contributed by atoms with Crippen molar-refractivity contribution in [2.24, 2.45) is 0 Å². The second kappa shape index (κ2) is 20.9. The summed E-state index contributed by atoms with van der Waals surface area (Å²) >= 11 is 0. The lowest BCUT2D eigenvalue weighted by Gasteiger charge is -1.87. The quantitative estimate of drug-likeness (QED) is 0.383. The van der Waals surface area contributed by atoms with Crippen LogP contribution in [0.5, 0.6) is 0 Å². The van der Waals surface area contributed by atoms with Crippen LogP contribution in [0.1, 0.15) is 11.1 Å². The second-order valence-corrected chi connectivity index (χ2v) is 4.96. The Morgan fingerprint density at radius 1 is 0.767 bits per heavy atom. The molecule has 0 saturated carbocycles. The van der Waals surface area contributed by atoms with E-state index in [1.165, 1.54) is 11.6 Å². The highest BCUT2D eigenvalue weighted by Crippen LogP contribution is 2.00. The number of aliphatic carboxylic acids is 2. The lowest BCUT2D eigenvalue weighted by atomic mass is 10.2. The van der Waals surface area contributed by atoms with Gasteiger partial charge in [-0.25, -0.2) is 9.59 Å². The molecule has 2 aromatic rings. The number of allylic oxidation sites excluding steroid dienone is 3. The van der Waals surface area contributed by atoms with Gasteiger partial charge in [0.15, 0.2) is 0 Å². The van der Waals surface area contributed by atoms with Gasteiger partial charge in [-0.3, -0.25) is 0 Å². The third-order valence-electron chi connectivity index (χ3n) is 2.75. The van der Waals surface area contributed by atoms with Gasteiger partial charge in [0.05, 0.1) is 6.07 Å². The molecule has 5 heteroatoms. The number of carboxylic acids is 2. The minimum atomic E-state index is -0.981. The Morgan fingerprint density at radius 2 is 1.17 bits per heavy atom. The summed E-state index contributed by atoms with van der Waals surface area (Å²) in [6.07, 6.45) is 10.5. The van der Waals surface area contributed by atoms with E-state index in [-0.39, 0.29) is 0 Å². The van der Waals surface area contributed by atoms with E-state index >= 15 is 0 Å². The molecule has 2 N–H and O–H groups in total. The summed E-state index contributed by atoms with van der Waals surface area (Å²) in [6.45, 7) is 9.55. The van der Waals surface area contributed by atoms with Crippen molar-refractivity contribution >= 4 is 24.1 Å². The average molecular weight is 403 g/mol. The maximum atomic E-state index is 9.25. The fraction of sp³-hybridized carbons (Fsp3) is 0. The highest BCUT2D eigenvalue weighted by Gasteiger charge is 1.79. The maximum absolute atomic E-state index is 9.25. The number of carboxylic acid groups (broad SMARTS) is 2. The van der Waals surface area contributed by atoms with Gasteiger partial charge in [-0.15, -0.1) is 0 Å². The van der Waals surface area contributed by atoms with Gasteiger partial charge in [-0.05, 0) is 11.1 Å². The smallest absolute Gasteiger partial charge is 0.327 e. The predicted octanol–water partition coefficient (Wildman–Crippen LogP) is 5.62. The van der Waals surface area contributed by atoms with Crippen LogP contribution in [0.3, 0.4) is 0 Å². The highest BCUT2D eigenvalue weighted by atomic mass is 16.4. The van der Waals surface area contributed by atoms with Crippen LogP contribution < -0.4 is 0 Å². The monoisotopic (exact) mass is 403 g/mol. The molecule has 0 aliphatic rings. The van der Waals surface area contributed by atoms with Crippen molar-refractivity contribution < 1.29 is 19.8 Å². The van der Waals surface area contributed by atoms with Gasteiger partial charge in [0.25, 0.3) is 0 Å². The molecule has 0 aliphatic heterocycles. The molecule has 2 aromatic carbocycles. The van der Waals surface area contributed by atoms with Gasteiger partial charge in [0.1, 0.15) is 0 Å². The first-order chi connectivity index (χ1) is 14.4. The number of hydrogen-bond acceptors (Lipinski definition) is 3. The normalized spacial score (nSPS) is 8.63. The van der Waals surface area contributed by atoms with E-state index < -0.39 is 11.9 Å². The third-order valence-corrected chi connectivity index (χ3v) is 2.75. The molecule has 0 fully saturated rings. The Bertz CT molecular complexity index is 843. The Morgan fingerprint density at radius 3 is 1.47 bits per heavy atom. The van der Waals surface area contributed by atoms with E-state index in [2.05, 4.69) is 19.7 Å². The lowest BCUT2D eigenvalue weighted by Crippen LogP contribution is -1.82. The largest absolute Gasteiger partial charge is 0.478 e. The van der Waals surface area contributed by atoms with Crippen molar-refractivity contribution in [3.63, 3.8) is 0 Å². The third kappa shape index (κ3) is 21.6. The van der Waals surface area contributed by atoms with Crippen molar-refractivity contribution in [3.05, 3.63) is 122 Å². The number of nitrogens with zero attached hydrogens (tertiary/aromatic N) is 1. The van der Waals surface area contributed by atoms with Crippen LogP contribution in [0.4, 0.5) is 0 Å². The molecule has 0 saturated heterocycles. The number of rotatable bonds is 5. The zero-order valence-corrected chi connectivity index (χ0v) is 16.6. The molecule has 5 nitrogen and oxygen atoms in total. The fourth-order valence-electron chi connectivity index (χ4n) is 1.42. The summed E-state index contributed by atoms with van der Waals surface area (Å²) in [5, 5.41) is 23.4. The summed E-state index contributed by atoms with van der Waals surface area (Å²) in [5.41, 5.74) is 2.31. The van der Waals surface area contributed by atoms with Crippen molar-refractivity contribution in [1.82, 2.24) is 0 Å². The number of benzene rings is 2. The SMILES string of the molecule is C=CC(=O)O.C=CC(=O)O.C=Cc1ccccc1.N#CC=CC=Cc1ccccc1. The Balaban J connectivity index is 0. The van der Waals surface area contributed by atoms with Crippen LogP contribution in [0.15, 0.2) is 111 Å². The molecular formula is C25H25NO4. The van der Waals surface area contributed by atoms with Crippen LogP contribution in [0.2, 0.25) is 0 Å². The molecule has 0 aliphatic carbocycles. The molecule has 0 bridgehead atoms. The van der Waals surface area contributed by atoms with E-state index in [9.17, 15) is 9.59 Å². The average Bonchev–Trinajstić information content (AvgIpc) is 2.79. The highest BCUT2D eigenvalue weighted by molar-refractivity contribution is 5.79. The van der Waals surface area contributed by atoms with Crippen molar-refractivity contribution in [1.29, 1.82) is 5.26 Å². The molecule has 0 radical (unpaired) electrons. The maximum Gasteiger partial charge on any atom is 0.327 e. The van der Waals surface area contributed by atoms with Crippen LogP contribution in [-0.2, 0) is 9.59 Å². The Hall–Kier alpha value is -4.43. The molecule has 0 amide bonds. The van der Waals surface area contributed by atoms with E-state index in [4.69, 9.17) is 15.5 Å². The van der Waals surface area contributed by atoms with Gasteiger partial charge in [0.2, 0.25) is 0 Å². The van der Waals surface area contributed by atoms with E-state index in [1.807, 2.05) is 85.0 Å². The first kappa shape index (κ1) is 27.8. The first-order valence-electron chi connectivity index (χ1n) is 8.57. The summed E-state index contributed by atoms with van der Waals surface area (Å²) in [6, 6.07) is 21.9. The van der Waals surface area contributed by atoms with Crippen LogP contribution in [0.25, 0.3) is 12.2 Å². The molecule has 0 unspecified atom stereocenters. The first-order valence-corrected chi connectivity index (χ1v) is 8.57. The van der Waals surface area contributed by atoms with Crippen molar-refractivity contribution in [3.8, 4) is 6.07 Å². The van der Waals surface area contributed by atoms with Crippen LogP contribution >= 0.6 is 0 Å². The molecule has 30 heavy (non-hydrogen) atoms. The molecule has 2 rings (SSSR count). The summed E-state index contributed by atoms with van der Waals surface area (Å²) in [5.74, 6) is -1.96. The molecule has 0 atom stereocenters. The van der Waals surface area contributed by atoms with Crippen LogP contribution in [0, 0.1) is 11.3 Å². The number of hydrogen-bond donors (Lipinski definition) is 2. The standard InChI is InChI=1S/C11H9N.C8H8.2C3H4O2/c12-10-6-2-5-9-11-7-3-1-4-8-11;1-2-8-6-4-3-5-7-8;2*1-2-3(4)5/h1-9H;2-7H,1H2;2*2H,1H2,(H,4,5). The zero-order chi connectivity index (χ0) is 23.0. The van der Waals surface area contributed by atoms with Crippen molar-refractivity contribution in [2.75, 3.05) is 0 Å². The molecule has 0 spiro atoms. The van der Waals surface area contributed by atoms with E-state index in [1.54, 1.807) is 6.08 Å². The molecule has 0 heterocycles. The predicted molar refractivity (Wildman–Crippen MR) is 122 cm³/mol. The van der Waals surface area contributed by atoms with E-state index in [0.29, 0.717) is 0 Å².